The van der Waals surface area contributed by atoms with Crippen molar-refractivity contribution in [2.24, 2.45) is 0 Å². The van der Waals surface area contributed by atoms with Gasteiger partial charge in [0.2, 0.25) is 0 Å². The van der Waals surface area contributed by atoms with E-state index in [1.807, 2.05) is 25.0 Å². The van der Waals surface area contributed by atoms with Gasteiger partial charge in [0.15, 0.2) is 5.65 Å². The zero-order chi connectivity index (χ0) is 25.8. The predicted molar refractivity (Wildman–Crippen MR) is 155 cm³/mol. The summed E-state index contributed by atoms with van der Waals surface area (Å²) in [5.41, 5.74) is 9.37. The van der Waals surface area contributed by atoms with E-state index in [-0.39, 0.29) is 0 Å². The molecule has 0 bridgehead atoms. The first kappa shape index (κ1) is 22.9. The van der Waals surface area contributed by atoms with Crippen LogP contribution >= 0.6 is 0 Å². The molecule has 2 aliphatic carbocycles. The van der Waals surface area contributed by atoms with Gasteiger partial charge in [0.25, 0.3) is 0 Å². The van der Waals surface area contributed by atoms with E-state index in [0.717, 1.165) is 39.2 Å². The van der Waals surface area contributed by atoms with Gasteiger partial charge >= 0.3 is 0 Å². The molecule has 2 aliphatic rings. The molecule has 0 unspecified atom stereocenters. The minimum Gasteiger partial charge on any atom is -0.327 e. The van der Waals surface area contributed by atoms with E-state index in [0.29, 0.717) is 12.1 Å². The van der Waals surface area contributed by atoms with Crippen LogP contribution in [0.2, 0.25) is 0 Å². The van der Waals surface area contributed by atoms with E-state index in [4.69, 9.17) is 19.9 Å². The van der Waals surface area contributed by atoms with Crippen LogP contribution in [-0.2, 0) is 0 Å². The molecular formula is C32H33N7. The fourth-order valence-corrected chi connectivity index (χ4v) is 6.92. The van der Waals surface area contributed by atoms with Crippen molar-refractivity contribution < 1.29 is 0 Å². The summed E-state index contributed by atoms with van der Waals surface area (Å²) in [7, 11) is 0. The van der Waals surface area contributed by atoms with Gasteiger partial charge in [-0.05, 0) is 49.9 Å². The molecule has 39 heavy (non-hydrogen) atoms. The maximum atomic E-state index is 5.24. The van der Waals surface area contributed by atoms with Crippen molar-refractivity contribution in [2.45, 2.75) is 76.3 Å². The molecule has 8 rings (SSSR count). The van der Waals surface area contributed by atoms with Gasteiger partial charge in [-0.25, -0.2) is 19.9 Å². The Morgan fingerprint density at radius 3 is 1.87 bits per heavy atom. The molecule has 0 spiro atoms. The van der Waals surface area contributed by atoms with Crippen molar-refractivity contribution in [2.75, 3.05) is 0 Å². The predicted octanol–water partition coefficient (Wildman–Crippen LogP) is 7.77. The first-order valence-electron chi connectivity index (χ1n) is 14.6. The standard InChI is InChI=1S/C32H33N7/c1-3-7-24(8-4-1)38-20-34-26-13-11-22(17-29(26)38)28-19-37-16-15-33-32(37)31(36-28)23-12-14-27-30(18-23)39(21-35-27)25-9-5-2-6-10-25/h11-21,24-25H,1-10H2. The lowest BCUT2D eigenvalue weighted by Crippen LogP contribution is -2.11. The van der Waals surface area contributed by atoms with Crippen LogP contribution in [0.5, 0.6) is 0 Å². The highest BCUT2D eigenvalue weighted by Gasteiger charge is 2.20. The van der Waals surface area contributed by atoms with Crippen LogP contribution in [0.4, 0.5) is 0 Å². The summed E-state index contributed by atoms with van der Waals surface area (Å²) < 4.78 is 6.89. The summed E-state index contributed by atoms with van der Waals surface area (Å²) in [4.78, 5) is 19.4. The van der Waals surface area contributed by atoms with E-state index in [1.165, 1.54) is 75.2 Å². The highest BCUT2D eigenvalue weighted by atomic mass is 15.1. The number of benzene rings is 2. The summed E-state index contributed by atoms with van der Waals surface area (Å²) in [6, 6.07) is 14.2. The van der Waals surface area contributed by atoms with Crippen molar-refractivity contribution in [3.8, 4) is 22.5 Å². The smallest absolute Gasteiger partial charge is 0.163 e. The molecule has 4 heterocycles. The van der Waals surface area contributed by atoms with Gasteiger partial charge in [-0.3, -0.25) is 0 Å². The quantitative estimate of drug-likeness (QED) is 0.240. The number of hydrogen-bond donors (Lipinski definition) is 0. The topological polar surface area (TPSA) is 65.8 Å². The molecular weight excluding hydrogens is 482 g/mol. The minimum atomic E-state index is 0.533. The Kier molecular flexibility index (Phi) is 5.49. The second-order valence-corrected chi connectivity index (χ2v) is 11.4. The van der Waals surface area contributed by atoms with Crippen LogP contribution in [0.25, 0.3) is 50.2 Å². The maximum Gasteiger partial charge on any atom is 0.163 e. The number of nitrogens with zero attached hydrogens (tertiary/aromatic N) is 7. The Balaban J connectivity index is 1.24. The van der Waals surface area contributed by atoms with Crippen molar-refractivity contribution in [3.05, 3.63) is 67.6 Å². The van der Waals surface area contributed by atoms with Crippen molar-refractivity contribution in [1.29, 1.82) is 0 Å². The zero-order valence-corrected chi connectivity index (χ0v) is 22.2. The molecule has 0 atom stereocenters. The molecule has 0 amide bonds. The highest BCUT2D eigenvalue weighted by molar-refractivity contribution is 5.86. The van der Waals surface area contributed by atoms with Crippen LogP contribution in [0.15, 0.2) is 67.6 Å². The molecule has 7 heteroatoms. The monoisotopic (exact) mass is 515 g/mol. The minimum absolute atomic E-state index is 0.533. The molecule has 0 radical (unpaired) electrons. The molecule has 6 aromatic rings. The number of fused-ring (bicyclic) bond motifs is 3. The van der Waals surface area contributed by atoms with Gasteiger partial charge in [-0.1, -0.05) is 50.7 Å². The van der Waals surface area contributed by atoms with Gasteiger partial charge in [0.05, 0.1) is 40.4 Å². The van der Waals surface area contributed by atoms with Gasteiger partial charge < -0.3 is 13.5 Å². The Morgan fingerprint density at radius 2 is 1.23 bits per heavy atom. The van der Waals surface area contributed by atoms with Gasteiger partial charge in [0.1, 0.15) is 5.69 Å². The molecule has 0 N–H and O–H groups in total. The van der Waals surface area contributed by atoms with Crippen LogP contribution in [0.1, 0.15) is 76.3 Å². The summed E-state index contributed by atoms with van der Waals surface area (Å²) in [5, 5.41) is 0. The Morgan fingerprint density at radius 1 is 0.641 bits per heavy atom. The lowest BCUT2D eigenvalue weighted by molar-refractivity contribution is 0.359. The van der Waals surface area contributed by atoms with Crippen molar-refractivity contribution >= 4 is 27.7 Å². The van der Waals surface area contributed by atoms with E-state index in [2.05, 4.69) is 56.1 Å². The number of aromatic nitrogens is 7. The Bertz CT molecular complexity index is 1790. The molecule has 0 aliphatic heterocycles. The fourth-order valence-electron chi connectivity index (χ4n) is 6.92. The first-order chi connectivity index (χ1) is 19.3. The SMILES string of the molecule is c1cn2cc(-c3ccc4ncn(C5CCCCC5)c4c3)nc(-c3ccc4ncn(C5CCCCC5)c4c3)c2n1. The second kappa shape index (κ2) is 9.33. The van der Waals surface area contributed by atoms with E-state index in [1.54, 1.807) is 0 Å². The largest absolute Gasteiger partial charge is 0.327 e. The van der Waals surface area contributed by atoms with Crippen LogP contribution < -0.4 is 0 Å². The molecule has 4 aromatic heterocycles. The third kappa shape index (κ3) is 3.94. The lowest BCUT2D eigenvalue weighted by atomic mass is 9.95. The summed E-state index contributed by atoms with van der Waals surface area (Å²) in [6.07, 6.45) is 22.9. The molecule has 0 saturated heterocycles. The highest BCUT2D eigenvalue weighted by Crippen LogP contribution is 2.35. The van der Waals surface area contributed by atoms with Crippen LogP contribution in [0.3, 0.4) is 0 Å². The fraction of sp³-hybridized carbons (Fsp3) is 0.375. The summed E-state index contributed by atoms with van der Waals surface area (Å²) >= 11 is 0. The van der Waals surface area contributed by atoms with Gasteiger partial charge in [0, 0.05) is 41.8 Å². The Labute approximate surface area is 227 Å². The summed E-state index contributed by atoms with van der Waals surface area (Å²) in [5.74, 6) is 0. The van der Waals surface area contributed by atoms with Crippen LogP contribution in [-0.4, -0.2) is 33.5 Å². The third-order valence-corrected chi connectivity index (χ3v) is 9.03. The maximum absolute atomic E-state index is 5.24. The number of imidazole rings is 3. The summed E-state index contributed by atoms with van der Waals surface area (Å²) in [6.45, 7) is 0. The zero-order valence-electron chi connectivity index (χ0n) is 22.2. The van der Waals surface area contributed by atoms with Gasteiger partial charge in [-0.15, -0.1) is 0 Å². The van der Waals surface area contributed by atoms with E-state index < -0.39 is 0 Å². The average Bonchev–Trinajstić information content (AvgIpc) is 3.75. The van der Waals surface area contributed by atoms with E-state index in [9.17, 15) is 0 Å². The Hall–Kier alpha value is -4.00. The average molecular weight is 516 g/mol. The van der Waals surface area contributed by atoms with Crippen molar-refractivity contribution in [3.63, 3.8) is 0 Å². The number of rotatable bonds is 4. The molecule has 2 saturated carbocycles. The normalized spacial score (nSPS) is 17.5. The second-order valence-electron chi connectivity index (χ2n) is 11.4. The van der Waals surface area contributed by atoms with Crippen LogP contribution in [0, 0.1) is 0 Å². The number of hydrogen-bond acceptors (Lipinski definition) is 4. The molecule has 196 valence electrons. The third-order valence-electron chi connectivity index (χ3n) is 9.03. The molecule has 2 aromatic carbocycles. The van der Waals surface area contributed by atoms with E-state index >= 15 is 0 Å². The molecule has 2 fully saturated rings. The van der Waals surface area contributed by atoms with Gasteiger partial charge in [-0.2, -0.15) is 0 Å². The molecule has 7 nitrogen and oxygen atoms in total. The lowest BCUT2D eigenvalue weighted by Gasteiger charge is -2.23. The van der Waals surface area contributed by atoms with Crippen molar-refractivity contribution in [1.82, 2.24) is 33.5 Å². The first-order valence-corrected chi connectivity index (χ1v) is 14.6.